The van der Waals surface area contributed by atoms with Gasteiger partial charge in [-0.15, -0.1) is 6.58 Å². The Labute approximate surface area is 302 Å². The zero-order valence-electron chi connectivity index (χ0n) is 30.3. The Morgan fingerprint density at radius 3 is 2.33 bits per heavy atom. The molecule has 1 aliphatic heterocycles. The molecule has 5 N–H and O–H groups in total. The van der Waals surface area contributed by atoms with Gasteiger partial charge in [-0.25, -0.2) is 9.59 Å². The SMILES string of the molecule is C=CCCC(=O)OC1CC2OC[C@@]2(O)C2C(OC(=O)c3ccccc3)C3(O)CC(OC(=O)C(O)[C@H](C)NC(C)=O)C(C)=C(C(O)C(=O)[C@]12C)C3(C)C. The van der Waals surface area contributed by atoms with E-state index in [4.69, 9.17) is 18.9 Å². The van der Waals surface area contributed by atoms with Crippen molar-refractivity contribution in [1.82, 2.24) is 5.32 Å². The minimum Gasteiger partial charge on any atom is -0.461 e. The first-order chi connectivity index (χ1) is 24.2. The Morgan fingerprint density at radius 1 is 1.10 bits per heavy atom. The highest BCUT2D eigenvalue weighted by atomic mass is 16.6. The maximum Gasteiger partial charge on any atom is 0.338 e. The third-order valence-corrected chi connectivity index (χ3v) is 11.8. The summed E-state index contributed by atoms with van der Waals surface area (Å²) in [7, 11) is 0. The van der Waals surface area contributed by atoms with Crippen molar-refractivity contribution >= 4 is 29.6 Å². The number of carbonyl (C=O) groups is 5. The second kappa shape index (κ2) is 14.1. The normalized spacial score (nSPS) is 35.9. The average Bonchev–Trinajstić information content (AvgIpc) is 3.08. The number of nitrogens with one attached hydrogen (secondary N) is 1. The molecule has 5 rings (SSSR count). The molecule has 0 radical (unpaired) electrons. The van der Waals surface area contributed by atoms with Crippen LogP contribution in [0.15, 0.2) is 54.1 Å². The minimum atomic E-state index is -2.30. The Kier molecular flexibility index (Phi) is 10.7. The Bertz CT molecular complexity index is 1660. The molecule has 52 heavy (non-hydrogen) atoms. The number of carbonyl (C=O) groups excluding carboxylic acids is 5. The highest BCUT2D eigenvalue weighted by molar-refractivity contribution is 5.94. The van der Waals surface area contributed by atoms with E-state index in [1.165, 1.54) is 45.9 Å². The van der Waals surface area contributed by atoms with Gasteiger partial charge >= 0.3 is 17.9 Å². The van der Waals surface area contributed by atoms with Crippen molar-refractivity contribution in [3.8, 4) is 0 Å². The van der Waals surface area contributed by atoms with Gasteiger partial charge in [0, 0.05) is 37.5 Å². The van der Waals surface area contributed by atoms with Crippen LogP contribution in [0, 0.1) is 16.7 Å². The number of rotatable bonds is 10. The molecule has 1 heterocycles. The molecule has 14 nitrogen and oxygen atoms in total. The Hall–Kier alpha value is -3.95. The zero-order valence-corrected chi connectivity index (χ0v) is 30.3. The number of aliphatic hydroxyl groups is 4. The van der Waals surface area contributed by atoms with Gasteiger partial charge in [0.1, 0.15) is 35.6 Å². The lowest BCUT2D eigenvalue weighted by molar-refractivity contribution is -0.344. The topological polar surface area (TPSA) is 215 Å². The van der Waals surface area contributed by atoms with Crippen molar-refractivity contribution in [3.05, 3.63) is 59.7 Å². The third kappa shape index (κ3) is 6.27. The number of allylic oxidation sites excluding steroid dienone is 1. The van der Waals surface area contributed by atoms with Gasteiger partial charge in [0.15, 0.2) is 11.9 Å². The molecule has 0 spiro atoms. The number of hydrogen-bond acceptors (Lipinski definition) is 13. The predicted molar refractivity (Wildman–Crippen MR) is 182 cm³/mol. The number of fused-ring (bicyclic) bond motifs is 5. The molecule has 2 bridgehead atoms. The van der Waals surface area contributed by atoms with E-state index in [-0.39, 0.29) is 42.6 Å². The Balaban J connectivity index is 1.71. The summed E-state index contributed by atoms with van der Waals surface area (Å²) >= 11 is 0. The van der Waals surface area contributed by atoms with Gasteiger partial charge in [-0.2, -0.15) is 0 Å². The summed E-state index contributed by atoms with van der Waals surface area (Å²) in [6.07, 6.45) is -8.16. The van der Waals surface area contributed by atoms with E-state index in [0.29, 0.717) is 0 Å². The predicted octanol–water partition coefficient (Wildman–Crippen LogP) is 1.46. The molecule has 0 aromatic heterocycles. The molecular formula is C38H49NO13. The van der Waals surface area contributed by atoms with E-state index in [9.17, 15) is 44.4 Å². The largest absolute Gasteiger partial charge is 0.461 e. The number of hydrogen-bond donors (Lipinski definition) is 5. The van der Waals surface area contributed by atoms with Gasteiger partial charge in [0.05, 0.1) is 29.7 Å². The summed E-state index contributed by atoms with van der Waals surface area (Å²) in [5, 5.41) is 50.9. The lowest BCUT2D eigenvalue weighted by atomic mass is 9.44. The van der Waals surface area contributed by atoms with Crippen molar-refractivity contribution in [2.45, 2.75) is 121 Å². The van der Waals surface area contributed by atoms with Crippen LogP contribution in [-0.4, -0.2) is 110 Å². The molecule has 4 aliphatic rings. The van der Waals surface area contributed by atoms with Crippen LogP contribution >= 0.6 is 0 Å². The molecule has 3 aliphatic carbocycles. The average molecular weight is 728 g/mol. The lowest BCUT2D eigenvalue weighted by Crippen LogP contribution is -2.81. The van der Waals surface area contributed by atoms with E-state index in [0.717, 1.165) is 0 Å². The maximum atomic E-state index is 15.0. The number of Topliss-reactive ketones (excluding diaryl/α,β-unsaturated/α-hetero) is 1. The number of benzene rings is 1. The van der Waals surface area contributed by atoms with E-state index in [2.05, 4.69) is 11.9 Å². The van der Waals surface area contributed by atoms with E-state index in [1.54, 1.807) is 32.0 Å². The molecule has 2 saturated carbocycles. The van der Waals surface area contributed by atoms with Crippen LogP contribution in [0.5, 0.6) is 0 Å². The molecule has 1 aromatic carbocycles. The second-order valence-corrected chi connectivity index (χ2v) is 15.3. The first kappa shape index (κ1) is 39.3. The molecule has 11 atom stereocenters. The second-order valence-electron chi connectivity index (χ2n) is 15.3. The van der Waals surface area contributed by atoms with Crippen molar-refractivity contribution in [1.29, 1.82) is 0 Å². The molecule has 1 amide bonds. The van der Waals surface area contributed by atoms with Gasteiger partial charge in [-0.05, 0) is 50.5 Å². The number of ether oxygens (including phenoxy) is 4. The fourth-order valence-corrected chi connectivity index (χ4v) is 8.78. The van der Waals surface area contributed by atoms with Crippen LogP contribution in [-0.2, 0) is 38.1 Å². The molecule has 1 aromatic rings. The van der Waals surface area contributed by atoms with Crippen molar-refractivity contribution in [2.75, 3.05) is 6.61 Å². The van der Waals surface area contributed by atoms with Gasteiger partial charge in [0.2, 0.25) is 5.91 Å². The van der Waals surface area contributed by atoms with Gasteiger partial charge in [-0.3, -0.25) is 14.4 Å². The first-order valence-corrected chi connectivity index (χ1v) is 17.5. The summed E-state index contributed by atoms with van der Waals surface area (Å²) in [5.74, 6) is -5.67. The van der Waals surface area contributed by atoms with Crippen molar-refractivity contribution in [2.24, 2.45) is 16.7 Å². The number of ketones is 1. The summed E-state index contributed by atoms with van der Waals surface area (Å²) in [6, 6.07) is 6.82. The molecule has 284 valence electrons. The van der Waals surface area contributed by atoms with Crippen LogP contribution in [0.1, 0.15) is 77.6 Å². The molecule has 14 heteroatoms. The van der Waals surface area contributed by atoms with Gasteiger partial charge < -0.3 is 44.7 Å². The minimum absolute atomic E-state index is 0.0374. The first-order valence-electron chi connectivity index (χ1n) is 17.5. The number of esters is 3. The Morgan fingerprint density at radius 2 is 1.75 bits per heavy atom. The molecule has 3 fully saturated rings. The summed E-state index contributed by atoms with van der Waals surface area (Å²) < 4.78 is 23.7. The van der Waals surface area contributed by atoms with E-state index >= 15 is 0 Å². The summed E-state index contributed by atoms with van der Waals surface area (Å²) in [5.41, 5.74) is -7.54. The summed E-state index contributed by atoms with van der Waals surface area (Å²) in [6.45, 7) is 11.9. The van der Waals surface area contributed by atoms with Crippen LogP contribution in [0.2, 0.25) is 0 Å². The lowest BCUT2D eigenvalue weighted by Gasteiger charge is -2.67. The molecule has 1 saturated heterocycles. The number of amides is 1. The van der Waals surface area contributed by atoms with Crippen molar-refractivity contribution in [3.63, 3.8) is 0 Å². The molecule has 8 unspecified atom stereocenters. The van der Waals surface area contributed by atoms with E-state index < -0.39 is 107 Å². The third-order valence-electron chi connectivity index (χ3n) is 11.8. The van der Waals surface area contributed by atoms with Crippen LogP contribution < -0.4 is 5.32 Å². The fourth-order valence-electron chi connectivity index (χ4n) is 8.78. The van der Waals surface area contributed by atoms with Crippen LogP contribution in [0.4, 0.5) is 0 Å². The number of aliphatic hydroxyl groups excluding tert-OH is 2. The maximum absolute atomic E-state index is 15.0. The van der Waals surface area contributed by atoms with Gasteiger partial charge in [-0.1, -0.05) is 38.1 Å². The summed E-state index contributed by atoms with van der Waals surface area (Å²) in [4.78, 5) is 67.0. The monoisotopic (exact) mass is 727 g/mol. The van der Waals surface area contributed by atoms with Gasteiger partial charge in [0.25, 0.3) is 0 Å². The highest BCUT2D eigenvalue weighted by Crippen LogP contribution is 2.63. The van der Waals surface area contributed by atoms with Crippen molar-refractivity contribution < 1.29 is 63.3 Å². The van der Waals surface area contributed by atoms with Crippen LogP contribution in [0.3, 0.4) is 0 Å². The smallest absolute Gasteiger partial charge is 0.338 e. The molecular weight excluding hydrogens is 678 g/mol. The fraction of sp³-hybridized carbons (Fsp3) is 0.605. The van der Waals surface area contributed by atoms with E-state index in [1.807, 2.05) is 0 Å². The highest BCUT2D eigenvalue weighted by Gasteiger charge is 2.77. The quantitative estimate of drug-likeness (QED) is 0.131. The zero-order chi connectivity index (χ0) is 38.6. The van der Waals surface area contributed by atoms with Crippen LogP contribution in [0.25, 0.3) is 0 Å². The standard InChI is InChI=1S/C38H49NO13/c1-8-9-15-26(41)51-24-16-25-37(47,18-49-25)30-32(52-33(45)22-13-11-10-12-14-22)38(48)17-23(50-34(46)28(42)20(3)39-21(4)40)19(2)27(35(38,5)6)29(43)31(44)36(24,30)7/h8,10-14,20,23-25,28-30,32,42-43,47-48H,1,9,15-18H2,2-7H3,(H,39,40)/t20-,23?,24?,25?,28?,29?,30?,32?,36+,37-,38?/m0/s1.